The Kier molecular flexibility index (Phi) is 4.30. The molecule has 0 saturated carbocycles. The van der Waals surface area contributed by atoms with Gasteiger partial charge in [-0.15, -0.1) is 11.3 Å². The first kappa shape index (κ1) is 15.6. The number of hydrogen-bond donors (Lipinski definition) is 0. The fraction of sp³-hybridized carbons (Fsp3) is 0.167. The van der Waals surface area contributed by atoms with E-state index in [4.69, 9.17) is 9.47 Å². The van der Waals surface area contributed by atoms with Crippen LogP contribution in [0.5, 0.6) is 11.5 Å². The third-order valence-corrected chi connectivity index (χ3v) is 4.62. The molecule has 0 amide bonds. The Bertz CT molecular complexity index is 976. The van der Waals surface area contributed by atoms with Gasteiger partial charge in [0.15, 0.2) is 11.5 Å². The molecular weight excluding hydrogens is 336 g/mol. The molecule has 7 heteroatoms. The van der Waals surface area contributed by atoms with Gasteiger partial charge in [-0.3, -0.25) is 9.98 Å². The fourth-order valence-corrected chi connectivity index (χ4v) is 3.34. The Hall–Kier alpha value is -2.93. The predicted octanol–water partition coefficient (Wildman–Crippen LogP) is 2.80. The zero-order valence-electron chi connectivity index (χ0n) is 13.6. The summed E-state index contributed by atoms with van der Waals surface area (Å²) in [5, 5.41) is 6.60. The number of thiazole rings is 1. The normalized spacial score (nSPS) is 14.2. The highest BCUT2D eigenvalue weighted by Gasteiger charge is 2.14. The second kappa shape index (κ2) is 6.90. The molecule has 2 aromatic heterocycles. The van der Waals surface area contributed by atoms with Gasteiger partial charge in [0.05, 0.1) is 17.6 Å². The van der Waals surface area contributed by atoms with Crippen LogP contribution in [0.25, 0.3) is 11.3 Å². The van der Waals surface area contributed by atoms with Gasteiger partial charge in [0, 0.05) is 24.2 Å². The van der Waals surface area contributed by atoms with Crippen LogP contribution in [-0.2, 0) is 0 Å². The highest BCUT2D eigenvalue weighted by atomic mass is 32.1. The quantitative estimate of drug-likeness (QED) is 0.681. The van der Waals surface area contributed by atoms with Crippen LogP contribution in [0.2, 0.25) is 0 Å². The monoisotopic (exact) mass is 352 g/mol. The number of pyridine rings is 1. The molecule has 126 valence electrons. The molecular formula is C18H16N4O2S. The topological polar surface area (TPSA) is 61.0 Å². The third-order valence-electron chi connectivity index (χ3n) is 3.71. The van der Waals surface area contributed by atoms with Gasteiger partial charge in [-0.25, -0.2) is 4.68 Å². The number of nitrogens with zero attached hydrogens (tertiary/aromatic N) is 4. The van der Waals surface area contributed by atoms with Gasteiger partial charge in [0.25, 0.3) is 0 Å². The van der Waals surface area contributed by atoms with Crippen molar-refractivity contribution in [2.45, 2.75) is 0 Å². The zero-order chi connectivity index (χ0) is 17.1. The van der Waals surface area contributed by atoms with E-state index >= 15 is 0 Å². The minimum absolute atomic E-state index is 0.563. The number of fused-ring (bicyclic) bond motifs is 1. The van der Waals surface area contributed by atoms with Crippen molar-refractivity contribution in [2.24, 2.45) is 10.1 Å². The molecule has 0 N–H and O–H groups in total. The lowest BCUT2D eigenvalue weighted by Gasteiger charge is -2.18. The van der Waals surface area contributed by atoms with Crippen molar-refractivity contribution in [3.8, 4) is 22.8 Å². The molecule has 4 rings (SSSR count). The standard InChI is InChI=1S/C18H16N4O2S/c1-19-18-22(21-11-14-4-2-3-7-20-14)15(12-25-18)13-5-6-16-17(10-13)24-9-8-23-16/h2-7,10-12H,8-9H2,1H3/b19-18?,21-11+. The molecule has 1 aromatic carbocycles. The molecule has 0 unspecified atom stereocenters. The summed E-state index contributed by atoms with van der Waals surface area (Å²) in [4.78, 5) is 9.38. The first-order chi connectivity index (χ1) is 12.3. The van der Waals surface area contributed by atoms with Crippen molar-refractivity contribution in [3.05, 3.63) is 58.5 Å². The van der Waals surface area contributed by atoms with Gasteiger partial charge in [0.1, 0.15) is 13.2 Å². The summed E-state index contributed by atoms with van der Waals surface area (Å²) >= 11 is 1.53. The molecule has 0 fully saturated rings. The van der Waals surface area contributed by atoms with Crippen molar-refractivity contribution in [1.82, 2.24) is 9.66 Å². The molecule has 3 aromatic rings. The molecule has 1 aliphatic heterocycles. The lowest BCUT2D eigenvalue weighted by Crippen LogP contribution is -2.15. The predicted molar refractivity (Wildman–Crippen MR) is 97.5 cm³/mol. The van der Waals surface area contributed by atoms with E-state index in [1.54, 1.807) is 19.5 Å². The maximum atomic E-state index is 5.69. The SMILES string of the molecule is CN=c1scc(-c2ccc3c(c2)OCCO3)n1/N=C/c1ccccn1. The van der Waals surface area contributed by atoms with E-state index in [0.29, 0.717) is 13.2 Å². The highest BCUT2D eigenvalue weighted by molar-refractivity contribution is 7.07. The van der Waals surface area contributed by atoms with E-state index in [1.807, 2.05) is 46.5 Å². The molecule has 0 saturated heterocycles. The van der Waals surface area contributed by atoms with Crippen molar-refractivity contribution in [3.63, 3.8) is 0 Å². The van der Waals surface area contributed by atoms with Gasteiger partial charge in [0.2, 0.25) is 4.80 Å². The molecule has 3 heterocycles. The largest absolute Gasteiger partial charge is 0.486 e. The molecule has 0 aliphatic carbocycles. The first-order valence-corrected chi connectivity index (χ1v) is 8.72. The molecule has 25 heavy (non-hydrogen) atoms. The van der Waals surface area contributed by atoms with Crippen LogP contribution in [0.15, 0.2) is 58.1 Å². The molecule has 0 spiro atoms. The van der Waals surface area contributed by atoms with E-state index in [1.165, 1.54) is 11.3 Å². The van der Waals surface area contributed by atoms with Gasteiger partial charge >= 0.3 is 0 Å². The van der Waals surface area contributed by atoms with Crippen molar-refractivity contribution in [2.75, 3.05) is 20.3 Å². The second-order valence-electron chi connectivity index (χ2n) is 5.30. The average molecular weight is 352 g/mol. The van der Waals surface area contributed by atoms with Crippen LogP contribution >= 0.6 is 11.3 Å². The van der Waals surface area contributed by atoms with Crippen LogP contribution in [-0.4, -0.2) is 36.1 Å². The first-order valence-electron chi connectivity index (χ1n) is 7.84. The number of aromatic nitrogens is 2. The summed E-state index contributed by atoms with van der Waals surface area (Å²) in [6.45, 7) is 1.14. The second-order valence-corrected chi connectivity index (χ2v) is 6.13. The third kappa shape index (κ3) is 3.18. The maximum absolute atomic E-state index is 5.69. The summed E-state index contributed by atoms with van der Waals surface area (Å²) in [6.07, 6.45) is 3.47. The fourth-order valence-electron chi connectivity index (χ4n) is 2.53. The van der Waals surface area contributed by atoms with Crippen LogP contribution < -0.4 is 14.3 Å². The van der Waals surface area contributed by atoms with Crippen molar-refractivity contribution >= 4 is 17.6 Å². The molecule has 0 radical (unpaired) electrons. The Morgan fingerprint density at radius 1 is 1.16 bits per heavy atom. The molecule has 0 bridgehead atoms. The Labute approximate surface area is 148 Å². The summed E-state index contributed by atoms with van der Waals surface area (Å²) < 4.78 is 13.1. The van der Waals surface area contributed by atoms with Gasteiger partial charge in [-0.05, 0) is 30.3 Å². The smallest absolute Gasteiger partial charge is 0.205 e. The van der Waals surface area contributed by atoms with Crippen molar-refractivity contribution in [1.29, 1.82) is 0 Å². The lowest BCUT2D eigenvalue weighted by molar-refractivity contribution is 0.171. The van der Waals surface area contributed by atoms with Crippen LogP contribution in [0.4, 0.5) is 0 Å². The average Bonchev–Trinajstić information content (AvgIpc) is 3.09. The van der Waals surface area contributed by atoms with Crippen LogP contribution in [0.1, 0.15) is 5.69 Å². The van der Waals surface area contributed by atoms with Gasteiger partial charge in [-0.1, -0.05) is 6.07 Å². The molecule has 1 aliphatic rings. The Morgan fingerprint density at radius 3 is 2.84 bits per heavy atom. The van der Waals surface area contributed by atoms with Gasteiger partial charge < -0.3 is 9.47 Å². The molecule has 6 nitrogen and oxygen atoms in total. The number of benzene rings is 1. The van der Waals surface area contributed by atoms with E-state index < -0.39 is 0 Å². The van der Waals surface area contributed by atoms with E-state index in [9.17, 15) is 0 Å². The zero-order valence-corrected chi connectivity index (χ0v) is 14.4. The summed E-state index contributed by atoms with van der Waals surface area (Å²) in [7, 11) is 1.76. The number of hydrogen-bond acceptors (Lipinski definition) is 6. The summed E-state index contributed by atoms with van der Waals surface area (Å²) in [5.74, 6) is 1.53. The van der Waals surface area contributed by atoms with E-state index in [-0.39, 0.29) is 0 Å². The van der Waals surface area contributed by atoms with Crippen LogP contribution in [0.3, 0.4) is 0 Å². The summed E-state index contributed by atoms with van der Waals surface area (Å²) in [6, 6.07) is 11.6. The minimum atomic E-state index is 0.563. The molecule has 0 atom stereocenters. The minimum Gasteiger partial charge on any atom is -0.486 e. The van der Waals surface area contributed by atoms with E-state index in [2.05, 4.69) is 15.1 Å². The Morgan fingerprint density at radius 2 is 2.04 bits per heavy atom. The van der Waals surface area contributed by atoms with Crippen molar-refractivity contribution < 1.29 is 9.47 Å². The number of ether oxygens (including phenoxy) is 2. The Balaban J connectivity index is 1.76. The van der Waals surface area contributed by atoms with E-state index in [0.717, 1.165) is 33.3 Å². The number of rotatable bonds is 3. The van der Waals surface area contributed by atoms with Gasteiger partial charge in [-0.2, -0.15) is 5.10 Å². The lowest BCUT2D eigenvalue weighted by atomic mass is 10.1. The maximum Gasteiger partial charge on any atom is 0.205 e. The van der Waals surface area contributed by atoms with Crippen LogP contribution in [0, 0.1) is 0 Å². The summed E-state index contributed by atoms with van der Waals surface area (Å²) in [5.41, 5.74) is 2.72. The highest BCUT2D eigenvalue weighted by Crippen LogP contribution is 2.34.